The molecule has 0 saturated carbocycles. The van der Waals surface area contributed by atoms with Crippen LogP contribution in [0.25, 0.3) is 0 Å². The molecule has 0 radical (unpaired) electrons. The Morgan fingerprint density at radius 2 is 1.20 bits per heavy atom. The molecule has 0 amide bonds. The second-order valence-corrected chi connectivity index (χ2v) is 9.95. The smallest absolute Gasteiger partial charge is 0.320 e. The lowest BCUT2D eigenvalue weighted by atomic mass is 10.1. The molecule has 0 aromatic heterocycles. The third-order valence-electron chi connectivity index (χ3n) is 6.75. The number of nitrogens with zero attached hydrogens (tertiary/aromatic N) is 3. The van der Waals surface area contributed by atoms with Gasteiger partial charge in [0.2, 0.25) is 0 Å². The molecule has 230 valence electrons. The van der Waals surface area contributed by atoms with Crippen LogP contribution in [0, 0.1) is 0 Å². The summed E-state index contributed by atoms with van der Waals surface area (Å²) in [6.07, 6.45) is 0.740. The molecule has 40 heavy (non-hydrogen) atoms. The first-order valence-electron chi connectivity index (χ1n) is 14.2. The fraction of sp³-hybridized carbons (Fsp3) is 0.852. The Morgan fingerprint density at radius 3 is 1.60 bits per heavy atom. The first-order valence-corrected chi connectivity index (χ1v) is 14.2. The molecule has 13 nitrogen and oxygen atoms in total. The highest BCUT2D eigenvalue weighted by Crippen LogP contribution is 2.26. The van der Waals surface area contributed by atoms with Crippen molar-refractivity contribution >= 4 is 11.9 Å². The van der Waals surface area contributed by atoms with Crippen molar-refractivity contribution in [3.8, 4) is 0 Å². The van der Waals surface area contributed by atoms with Gasteiger partial charge in [-0.3, -0.25) is 24.3 Å². The minimum absolute atomic E-state index is 0.0186. The predicted octanol–water partition coefficient (Wildman–Crippen LogP) is 1.12. The highest BCUT2D eigenvalue weighted by Gasteiger charge is 2.38. The van der Waals surface area contributed by atoms with E-state index in [-0.39, 0.29) is 63.8 Å². The van der Waals surface area contributed by atoms with Crippen LogP contribution in [0.1, 0.15) is 41.0 Å². The van der Waals surface area contributed by atoms with Crippen LogP contribution < -0.4 is 0 Å². The SMILES string of the molecule is C=CCC(C1OC(C)O1)N(CCN(CC(=O)OCC)CC(=O)OCC)CCN(CC1OC(C)O1)CC1OC(C)O1. The average molecular weight is 574 g/mol. The number of ether oxygens (including phenoxy) is 8. The van der Waals surface area contributed by atoms with E-state index in [1.54, 1.807) is 18.7 Å². The Morgan fingerprint density at radius 1 is 0.750 bits per heavy atom. The first-order chi connectivity index (χ1) is 19.2. The van der Waals surface area contributed by atoms with Gasteiger partial charge < -0.3 is 37.9 Å². The van der Waals surface area contributed by atoms with E-state index in [0.717, 1.165) is 0 Å². The van der Waals surface area contributed by atoms with Crippen LogP contribution >= 0.6 is 0 Å². The molecule has 0 aliphatic carbocycles. The number of esters is 2. The lowest BCUT2D eigenvalue weighted by molar-refractivity contribution is -0.393. The molecule has 0 aromatic rings. The summed E-state index contributed by atoms with van der Waals surface area (Å²) >= 11 is 0. The van der Waals surface area contributed by atoms with Gasteiger partial charge in [-0.1, -0.05) is 6.08 Å². The molecule has 3 fully saturated rings. The van der Waals surface area contributed by atoms with Crippen LogP contribution in [0.5, 0.6) is 0 Å². The summed E-state index contributed by atoms with van der Waals surface area (Å²) in [6, 6.07) is -0.116. The van der Waals surface area contributed by atoms with Gasteiger partial charge in [-0.15, -0.1) is 6.58 Å². The average Bonchev–Trinajstić information content (AvgIpc) is 2.84. The minimum Gasteiger partial charge on any atom is -0.465 e. The standard InChI is InChI=1S/C27H47N3O10/c1-7-10-22(27-39-21(6)40-27)30(13-11-28(15-23(31)33-8-2)16-24(32)34-9-3)14-12-29(17-25-35-19(4)36-25)18-26-37-20(5)38-26/h7,19-22,25-27H,1,8-18H2,2-6H3. The van der Waals surface area contributed by atoms with E-state index in [4.69, 9.17) is 37.9 Å². The number of carbonyl (C=O) groups is 2. The van der Waals surface area contributed by atoms with E-state index in [1.165, 1.54) is 0 Å². The van der Waals surface area contributed by atoms with Gasteiger partial charge in [-0.25, -0.2) is 0 Å². The van der Waals surface area contributed by atoms with E-state index < -0.39 is 18.2 Å². The summed E-state index contributed by atoms with van der Waals surface area (Å²) in [7, 11) is 0. The maximum Gasteiger partial charge on any atom is 0.320 e. The summed E-state index contributed by atoms with van der Waals surface area (Å²) in [5, 5.41) is 0. The number of hydrogen-bond acceptors (Lipinski definition) is 13. The summed E-state index contributed by atoms with van der Waals surface area (Å²) in [5.74, 6) is -0.785. The van der Waals surface area contributed by atoms with E-state index in [2.05, 4.69) is 16.4 Å². The lowest BCUT2D eigenvalue weighted by Crippen LogP contribution is -2.57. The Hall–Kier alpha value is -1.68. The second-order valence-electron chi connectivity index (χ2n) is 9.95. The second kappa shape index (κ2) is 16.7. The van der Waals surface area contributed by atoms with Crippen molar-refractivity contribution in [2.75, 3.05) is 65.6 Å². The molecule has 3 aliphatic heterocycles. The van der Waals surface area contributed by atoms with Gasteiger partial charge in [0.25, 0.3) is 0 Å². The monoisotopic (exact) mass is 573 g/mol. The quantitative estimate of drug-likeness (QED) is 0.153. The molecule has 0 spiro atoms. The highest BCUT2D eigenvalue weighted by atomic mass is 16.9. The molecule has 3 rings (SSSR count). The Bertz CT molecular complexity index is 747. The van der Waals surface area contributed by atoms with Gasteiger partial charge in [-0.05, 0) is 41.0 Å². The van der Waals surface area contributed by atoms with Crippen LogP contribution in [0.3, 0.4) is 0 Å². The summed E-state index contributed by atoms with van der Waals surface area (Å²) < 4.78 is 44.7. The van der Waals surface area contributed by atoms with Crippen molar-refractivity contribution in [2.45, 2.75) is 84.8 Å². The number of hydrogen-bond donors (Lipinski definition) is 0. The van der Waals surface area contributed by atoms with E-state index >= 15 is 0 Å². The van der Waals surface area contributed by atoms with E-state index in [9.17, 15) is 9.59 Å². The van der Waals surface area contributed by atoms with Gasteiger partial charge >= 0.3 is 11.9 Å². The zero-order valence-electron chi connectivity index (χ0n) is 24.5. The third-order valence-corrected chi connectivity index (χ3v) is 6.75. The maximum atomic E-state index is 12.3. The maximum absolute atomic E-state index is 12.3. The van der Waals surface area contributed by atoms with Gasteiger partial charge in [-0.2, -0.15) is 0 Å². The van der Waals surface area contributed by atoms with E-state index in [0.29, 0.717) is 45.7 Å². The zero-order valence-corrected chi connectivity index (χ0v) is 24.5. The van der Waals surface area contributed by atoms with Crippen molar-refractivity contribution in [3.63, 3.8) is 0 Å². The van der Waals surface area contributed by atoms with Crippen molar-refractivity contribution < 1.29 is 47.5 Å². The van der Waals surface area contributed by atoms with Crippen molar-refractivity contribution in [1.29, 1.82) is 0 Å². The van der Waals surface area contributed by atoms with Crippen LogP contribution in [0.2, 0.25) is 0 Å². The molecule has 3 heterocycles. The molecule has 3 saturated heterocycles. The fourth-order valence-electron chi connectivity index (χ4n) is 4.87. The van der Waals surface area contributed by atoms with Crippen LogP contribution in [0.4, 0.5) is 0 Å². The van der Waals surface area contributed by atoms with Gasteiger partial charge in [0.15, 0.2) is 37.7 Å². The molecular weight excluding hydrogens is 526 g/mol. The first kappa shape index (κ1) is 32.8. The van der Waals surface area contributed by atoms with Crippen molar-refractivity contribution in [2.24, 2.45) is 0 Å². The normalized spacial score (nSPS) is 28.5. The summed E-state index contributed by atoms with van der Waals surface area (Å²) in [5.41, 5.74) is 0. The van der Waals surface area contributed by atoms with Gasteiger partial charge in [0, 0.05) is 26.2 Å². The van der Waals surface area contributed by atoms with Gasteiger partial charge in [0.05, 0.1) is 45.4 Å². The van der Waals surface area contributed by atoms with Gasteiger partial charge in [0.1, 0.15) is 0 Å². The Labute approximate surface area is 237 Å². The van der Waals surface area contributed by atoms with Crippen LogP contribution in [-0.2, 0) is 47.5 Å². The van der Waals surface area contributed by atoms with Crippen molar-refractivity contribution in [1.82, 2.24) is 14.7 Å². The van der Waals surface area contributed by atoms with Crippen LogP contribution in [-0.4, -0.2) is 136 Å². The van der Waals surface area contributed by atoms with E-state index in [1.807, 2.05) is 26.8 Å². The zero-order chi connectivity index (χ0) is 29.1. The molecule has 0 aromatic carbocycles. The lowest BCUT2D eigenvalue weighted by Gasteiger charge is -2.45. The summed E-state index contributed by atoms with van der Waals surface area (Å²) in [4.78, 5) is 30.7. The number of rotatable bonds is 20. The fourth-order valence-corrected chi connectivity index (χ4v) is 4.87. The third kappa shape index (κ3) is 10.6. The Kier molecular flexibility index (Phi) is 13.7. The molecule has 1 atom stereocenters. The molecule has 3 aliphatic rings. The molecule has 13 heteroatoms. The van der Waals surface area contributed by atoms with Crippen LogP contribution in [0.15, 0.2) is 12.7 Å². The minimum atomic E-state index is -0.414. The molecular formula is C27H47N3O10. The Balaban J connectivity index is 1.68. The topological polar surface area (TPSA) is 118 Å². The van der Waals surface area contributed by atoms with Crippen molar-refractivity contribution in [3.05, 3.63) is 12.7 Å². The highest BCUT2D eigenvalue weighted by molar-refractivity contribution is 5.75. The molecule has 1 unspecified atom stereocenters. The predicted molar refractivity (Wildman–Crippen MR) is 143 cm³/mol. The molecule has 0 bridgehead atoms. The largest absolute Gasteiger partial charge is 0.465 e. The summed E-state index contributed by atoms with van der Waals surface area (Å²) in [6.45, 7) is 16.9. The molecule has 0 N–H and O–H groups in total. The number of carbonyl (C=O) groups excluding carboxylic acids is 2.